The summed E-state index contributed by atoms with van der Waals surface area (Å²) in [4.78, 5) is 5.56. The maximum Gasteiger partial charge on any atom is 0.0603 e. The van der Waals surface area contributed by atoms with Gasteiger partial charge in [-0.15, -0.1) is 11.3 Å². The van der Waals surface area contributed by atoms with Crippen LogP contribution in [-0.2, 0) is 6.54 Å². The Balaban J connectivity index is 2.02. The van der Waals surface area contributed by atoms with Gasteiger partial charge in [-0.05, 0) is 30.5 Å². The maximum absolute atomic E-state index is 4.22. The third-order valence-electron chi connectivity index (χ3n) is 2.04. The first-order chi connectivity index (χ1) is 6.86. The second-order valence-electron chi connectivity index (χ2n) is 3.07. The van der Waals surface area contributed by atoms with Crippen molar-refractivity contribution in [2.24, 2.45) is 0 Å². The predicted molar refractivity (Wildman–Crippen MR) is 60.6 cm³/mol. The number of thiophene rings is 1. The molecule has 2 nitrogen and oxygen atoms in total. The molecular weight excluding hydrogens is 192 g/mol. The van der Waals surface area contributed by atoms with E-state index in [2.05, 4.69) is 33.9 Å². The first-order valence-corrected chi connectivity index (χ1v) is 5.42. The maximum atomic E-state index is 4.22. The molecule has 2 aromatic heterocycles. The summed E-state index contributed by atoms with van der Waals surface area (Å²) in [7, 11) is 0. The molecule has 0 aliphatic heterocycles. The van der Waals surface area contributed by atoms with Crippen LogP contribution >= 0.6 is 11.3 Å². The zero-order valence-corrected chi connectivity index (χ0v) is 8.84. The van der Waals surface area contributed by atoms with Crippen molar-refractivity contribution in [3.8, 4) is 0 Å². The zero-order valence-electron chi connectivity index (χ0n) is 8.03. The number of anilines is 1. The van der Waals surface area contributed by atoms with E-state index in [9.17, 15) is 0 Å². The molecule has 0 saturated carbocycles. The molecule has 0 saturated heterocycles. The van der Waals surface area contributed by atoms with Crippen molar-refractivity contribution in [3.63, 3.8) is 0 Å². The number of hydrogen-bond acceptors (Lipinski definition) is 3. The third kappa shape index (κ3) is 2.12. The van der Waals surface area contributed by atoms with Gasteiger partial charge in [0.1, 0.15) is 0 Å². The van der Waals surface area contributed by atoms with Crippen molar-refractivity contribution < 1.29 is 0 Å². The van der Waals surface area contributed by atoms with E-state index in [-0.39, 0.29) is 0 Å². The lowest BCUT2D eigenvalue weighted by Gasteiger charge is -2.06. The minimum Gasteiger partial charge on any atom is -0.379 e. The number of aromatic nitrogens is 1. The predicted octanol–water partition coefficient (Wildman–Crippen LogP) is 3.06. The number of rotatable bonds is 3. The minimum absolute atomic E-state index is 0.879. The molecule has 3 heteroatoms. The topological polar surface area (TPSA) is 24.9 Å². The van der Waals surface area contributed by atoms with Gasteiger partial charge in [-0.2, -0.15) is 0 Å². The fourth-order valence-electron chi connectivity index (χ4n) is 1.27. The summed E-state index contributed by atoms with van der Waals surface area (Å²) in [6, 6.07) is 8.20. The standard InChI is InChI=1S/C11H12N2S/c1-9-11(5-2-6-12-9)13-8-10-4-3-7-14-10/h2-7,13H,8H2,1H3. The van der Waals surface area contributed by atoms with Crippen LogP contribution in [0.5, 0.6) is 0 Å². The van der Waals surface area contributed by atoms with E-state index in [0.29, 0.717) is 0 Å². The average Bonchev–Trinajstić information content (AvgIpc) is 2.69. The molecule has 0 unspecified atom stereocenters. The van der Waals surface area contributed by atoms with Gasteiger partial charge in [0.05, 0.1) is 11.4 Å². The molecule has 72 valence electrons. The normalized spacial score (nSPS) is 10.1. The van der Waals surface area contributed by atoms with Crippen molar-refractivity contribution >= 4 is 17.0 Å². The van der Waals surface area contributed by atoms with Crippen LogP contribution in [0.3, 0.4) is 0 Å². The Hall–Kier alpha value is -1.35. The fraction of sp³-hybridized carbons (Fsp3) is 0.182. The SMILES string of the molecule is Cc1ncccc1NCc1cccs1. The summed E-state index contributed by atoms with van der Waals surface area (Å²) >= 11 is 1.77. The minimum atomic E-state index is 0.879. The Bertz CT molecular complexity index is 395. The molecule has 0 aliphatic carbocycles. The van der Waals surface area contributed by atoms with E-state index in [0.717, 1.165) is 17.9 Å². The van der Waals surface area contributed by atoms with Gasteiger partial charge in [0.15, 0.2) is 0 Å². The van der Waals surface area contributed by atoms with Crippen molar-refractivity contribution in [1.82, 2.24) is 4.98 Å². The molecule has 2 heterocycles. The van der Waals surface area contributed by atoms with E-state index < -0.39 is 0 Å². The molecule has 0 aliphatic rings. The van der Waals surface area contributed by atoms with Gasteiger partial charge in [0, 0.05) is 17.6 Å². The van der Waals surface area contributed by atoms with E-state index >= 15 is 0 Å². The number of nitrogens with one attached hydrogen (secondary N) is 1. The largest absolute Gasteiger partial charge is 0.379 e. The average molecular weight is 204 g/mol. The van der Waals surface area contributed by atoms with Gasteiger partial charge in [0.25, 0.3) is 0 Å². The lowest BCUT2D eigenvalue weighted by atomic mass is 10.3. The number of aryl methyl sites for hydroxylation is 1. The molecule has 0 spiro atoms. The summed E-state index contributed by atoms with van der Waals surface area (Å²) in [6.07, 6.45) is 1.81. The van der Waals surface area contributed by atoms with Crippen LogP contribution < -0.4 is 5.32 Å². The van der Waals surface area contributed by atoms with Crippen LogP contribution in [-0.4, -0.2) is 4.98 Å². The molecule has 2 rings (SSSR count). The quantitative estimate of drug-likeness (QED) is 0.831. The van der Waals surface area contributed by atoms with Gasteiger partial charge in [0.2, 0.25) is 0 Å². The monoisotopic (exact) mass is 204 g/mol. The number of hydrogen-bond donors (Lipinski definition) is 1. The van der Waals surface area contributed by atoms with E-state index in [1.54, 1.807) is 11.3 Å². The molecular formula is C11H12N2S. The molecule has 0 radical (unpaired) electrons. The summed E-state index contributed by atoms with van der Waals surface area (Å²) in [6.45, 7) is 2.89. The molecule has 2 aromatic rings. The van der Waals surface area contributed by atoms with Crippen molar-refractivity contribution in [2.75, 3.05) is 5.32 Å². The Morgan fingerprint density at radius 1 is 1.36 bits per heavy atom. The molecule has 1 N–H and O–H groups in total. The molecule has 0 amide bonds. The number of pyridine rings is 1. The van der Waals surface area contributed by atoms with E-state index in [1.165, 1.54) is 4.88 Å². The van der Waals surface area contributed by atoms with Crippen molar-refractivity contribution in [2.45, 2.75) is 13.5 Å². The highest BCUT2D eigenvalue weighted by Gasteiger charge is 1.97. The Morgan fingerprint density at radius 3 is 3.00 bits per heavy atom. The summed E-state index contributed by atoms with van der Waals surface area (Å²) in [5.74, 6) is 0. The first kappa shape index (κ1) is 9.21. The molecule has 0 atom stereocenters. The van der Waals surface area contributed by atoms with Crippen LogP contribution in [0.4, 0.5) is 5.69 Å². The molecule has 0 bridgehead atoms. The lowest BCUT2D eigenvalue weighted by molar-refractivity contribution is 1.13. The summed E-state index contributed by atoms with van der Waals surface area (Å²) < 4.78 is 0. The van der Waals surface area contributed by atoms with Crippen LogP contribution in [0.15, 0.2) is 35.8 Å². The zero-order chi connectivity index (χ0) is 9.80. The van der Waals surface area contributed by atoms with Crippen LogP contribution in [0.1, 0.15) is 10.6 Å². The van der Waals surface area contributed by atoms with Crippen molar-refractivity contribution in [1.29, 1.82) is 0 Å². The van der Waals surface area contributed by atoms with Gasteiger partial charge in [-0.1, -0.05) is 6.07 Å². The van der Waals surface area contributed by atoms with Crippen LogP contribution in [0, 0.1) is 6.92 Å². The smallest absolute Gasteiger partial charge is 0.0603 e. The van der Waals surface area contributed by atoms with Gasteiger partial charge in [-0.25, -0.2) is 0 Å². The first-order valence-electron chi connectivity index (χ1n) is 4.54. The highest BCUT2D eigenvalue weighted by molar-refractivity contribution is 7.09. The van der Waals surface area contributed by atoms with Gasteiger partial charge in [-0.3, -0.25) is 4.98 Å². The second kappa shape index (κ2) is 4.24. The fourth-order valence-corrected chi connectivity index (χ4v) is 1.91. The van der Waals surface area contributed by atoms with E-state index in [1.807, 2.05) is 19.2 Å². The van der Waals surface area contributed by atoms with Gasteiger partial charge < -0.3 is 5.32 Å². The van der Waals surface area contributed by atoms with E-state index in [4.69, 9.17) is 0 Å². The van der Waals surface area contributed by atoms with Crippen molar-refractivity contribution in [3.05, 3.63) is 46.4 Å². The number of nitrogens with zero attached hydrogens (tertiary/aromatic N) is 1. The van der Waals surface area contributed by atoms with Crippen LogP contribution in [0.25, 0.3) is 0 Å². The molecule has 0 fully saturated rings. The van der Waals surface area contributed by atoms with Crippen LogP contribution in [0.2, 0.25) is 0 Å². The Kier molecular flexibility index (Phi) is 2.79. The molecule has 14 heavy (non-hydrogen) atoms. The second-order valence-corrected chi connectivity index (χ2v) is 4.10. The highest BCUT2D eigenvalue weighted by Crippen LogP contribution is 2.14. The third-order valence-corrected chi connectivity index (χ3v) is 2.92. The molecule has 0 aromatic carbocycles. The van der Waals surface area contributed by atoms with Gasteiger partial charge >= 0.3 is 0 Å². The highest BCUT2D eigenvalue weighted by atomic mass is 32.1. The Labute approximate surface area is 87.6 Å². The lowest BCUT2D eigenvalue weighted by Crippen LogP contribution is -1.99. The summed E-state index contributed by atoms with van der Waals surface area (Å²) in [5.41, 5.74) is 2.16. The Morgan fingerprint density at radius 2 is 2.29 bits per heavy atom. The summed E-state index contributed by atoms with van der Waals surface area (Å²) in [5, 5.41) is 5.45.